The summed E-state index contributed by atoms with van der Waals surface area (Å²) in [5, 5.41) is 18.3. The second kappa shape index (κ2) is 8.87. The van der Waals surface area contributed by atoms with Crippen molar-refractivity contribution >= 4 is 44.7 Å². The Labute approximate surface area is 192 Å². The summed E-state index contributed by atoms with van der Waals surface area (Å²) in [5.74, 6) is 0.512. The van der Waals surface area contributed by atoms with Crippen LogP contribution < -0.4 is 10.2 Å². The van der Waals surface area contributed by atoms with Crippen LogP contribution in [-0.4, -0.2) is 51.9 Å². The molecule has 168 valence electrons. The van der Waals surface area contributed by atoms with Crippen molar-refractivity contribution < 1.29 is 14.1 Å². The number of benzene rings is 1. The van der Waals surface area contributed by atoms with Gasteiger partial charge >= 0.3 is 5.69 Å². The lowest BCUT2D eigenvalue weighted by atomic mass is 10.2. The Bertz CT molecular complexity index is 1300. The quantitative estimate of drug-likeness (QED) is 0.338. The number of fused-ring (bicyclic) bond motifs is 1. The summed E-state index contributed by atoms with van der Waals surface area (Å²) in [6.45, 7) is 2.05. The molecule has 1 fully saturated rings. The van der Waals surface area contributed by atoms with Crippen molar-refractivity contribution in [2.24, 2.45) is 0 Å². The Morgan fingerprint density at radius 1 is 1.15 bits per heavy atom. The molecule has 4 heterocycles. The van der Waals surface area contributed by atoms with Crippen molar-refractivity contribution in [3.05, 3.63) is 75.8 Å². The maximum atomic E-state index is 12.5. The number of thiophene rings is 1. The number of hydrogen-bond donors (Lipinski definition) is 1. The number of rotatable bonds is 6. The largest absolute Gasteiger partial charge is 0.459 e. The zero-order valence-corrected chi connectivity index (χ0v) is 18.3. The van der Waals surface area contributed by atoms with Crippen LogP contribution in [0.2, 0.25) is 0 Å². The van der Waals surface area contributed by atoms with Crippen LogP contribution in [-0.2, 0) is 6.54 Å². The molecule has 0 bridgehead atoms. The first-order chi connectivity index (χ1) is 16.1. The van der Waals surface area contributed by atoms with Crippen LogP contribution in [0.4, 0.5) is 17.3 Å². The van der Waals surface area contributed by atoms with Crippen LogP contribution in [0.3, 0.4) is 0 Å². The molecule has 1 aromatic carbocycles. The molecule has 5 rings (SSSR count). The maximum absolute atomic E-state index is 12.5. The van der Waals surface area contributed by atoms with Gasteiger partial charge in [-0.15, -0.1) is 11.3 Å². The fourth-order valence-corrected chi connectivity index (χ4v) is 4.89. The third-order valence-corrected chi connectivity index (χ3v) is 6.60. The molecule has 1 aliphatic heterocycles. The molecule has 1 saturated heterocycles. The van der Waals surface area contributed by atoms with Gasteiger partial charge in [-0.1, -0.05) is 18.2 Å². The lowest BCUT2D eigenvalue weighted by Gasteiger charge is -2.34. The second-order valence-corrected chi connectivity index (χ2v) is 8.43. The van der Waals surface area contributed by atoms with Gasteiger partial charge < -0.3 is 19.5 Å². The van der Waals surface area contributed by atoms with Gasteiger partial charge in [-0.25, -0.2) is 9.97 Å². The zero-order chi connectivity index (χ0) is 22.8. The molecule has 0 spiro atoms. The highest BCUT2D eigenvalue weighted by Crippen LogP contribution is 2.33. The number of anilines is 2. The molecule has 33 heavy (non-hydrogen) atoms. The summed E-state index contributed by atoms with van der Waals surface area (Å²) in [6, 6.07) is 11.3. The predicted octanol–water partition coefficient (Wildman–Crippen LogP) is 3.77. The van der Waals surface area contributed by atoms with Crippen LogP contribution in [0.25, 0.3) is 10.1 Å². The van der Waals surface area contributed by atoms with Gasteiger partial charge in [0.1, 0.15) is 6.33 Å². The van der Waals surface area contributed by atoms with E-state index in [1.807, 2.05) is 34.5 Å². The number of hydrogen-bond acceptors (Lipinski definition) is 9. The van der Waals surface area contributed by atoms with E-state index in [1.54, 1.807) is 28.4 Å². The molecular formula is C22H20N6O4S. The first-order valence-electron chi connectivity index (χ1n) is 10.4. The number of nitro groups is 1. The molecule has 0 unspecified atom stereocenters. The number of piperazine rings is 1. The number of nitrogens with zero attached hydrogens (tertiary/aromatic N) is 5. The molecule has 1 N–H and O–H groups in total. The van der Waals surface area contributed by atoms with Gasteiger partial charge in [0.15, 0.2) is 5.76 Å². The highest BCUT2D eigenvalue weighted by atomic mass is 32.1. The minimum Gasteiger partial charge on any atom is -0.459 e. The summed E-state index contributed by atoms with van der Waals surface area (Å²) >= 11 is 1.63. The summed E-state index contributed by atoms with van der Waals surface area (Å²) in [4.78, 5) is 35.9. The van der Waals surface area contributed by atoms with Crippen molar-refractivity contribution in [3.8, 4) is 0 Å². The number of carbonyl (C=O) groups excluding carboxylic acids is 1. The van der Waals surface area contributed by atoms with Gasteiger partial charge in [0, 0.05) is 37.4 Å². The monoisotopic (exact) mass is 464 g/mol. The first kappa shape index (κ1) is 20.9. The average Bonchev–Trinajstić information content (AvgIpc) is 3.52. The molecule has 4 aromatic rings. The standard InChI is InChI=1S/C22H20N6O4S/c29-22(17-5-3-11-32-17)27-9-7-26(8-10-27)21-19(28(30)31)20(24-14-25-21)23-12-15-13-33-18-6-2-1-4-16(15)18/h1-6,11,13-14H,7-10,12H2,(H,23,24,25). The number of amides is 1. The SMILES string of the molecule is O=C(c1ccco1)N1CCN(c2ncnc(NCc3csc4ccccc34)c2[N+](=O)[O-])CC1. The molecule has 0 atom stereocenters. The summed E-state index contributed by atoms with van der Waals surface area (Å²) in [6.07, 6.45) is 2.79. The van der Waals surface area contributed by atoms with E-state index in [0.717, 1.165) is 15.6 Å². The fraction of sp³-hybridized carbons (Fsp3) is 0.227. The van der Waals surface area contributed by atoms with Gasteiger partial charge in [-0.2, -0.15) is 0 Å². The Hall–Kier alpha value is -3.99. The number of carbonyl (C=O) groups is 1. The molecule has 11 heteroatoms. The molecule has 0 aliphatic carbocycles. The highest BCUT2D eigenvalue weighted by Gasteiger charge is 2.31. The number of furan rings is 1. The smallest absolute Gasteiger partial charge is 0.353 e. The van der Waals surface area contributed by atoms with E-state index in [2.05, 4.69) is 15.3 Å². The molecule has 1 aliphatic rings. The summed E-state index contributed by atoms with van der Waals surface area (Å²) in [7, 11) is 0. The Balaban J connectivity index is 1.33. The van der Waals surface area contributed by atoms with Crippen molar-refractivity contribution in [2.45, 2.75) is 6.54 Å². The predicted molar refractivity (Wildman–Crippen MR) is 125 cm³/mol. The average molecular weight is 465 g/mol. The van der Waals surface area contributed by atoms with Gasteiger partial charge in [-0.05, 0) is 34.5 Å². The van der Waals surface area contributed by atoms with E-state index < -0.39 is 4.92 Å². The Kier molecular flexibility index (Phi) is 5.61. The van der Waals surface area contributed by atoms with E-state index in [-0.39, 0.29) is 29.0 Å². The minimum atomic E-state index is -0.455. The van der Waals surface area contributed by atoms with Crippen LogP contribution in [0.5, 0.6) is 0 Å². The second-order valence-electron chi connectivity index (χ2n) is 7.52. The molecule has 0 radical (unpaired) electrons. The molecule has 0 saturated carbocycles. The Morgan fingerprint density at radius 2 is 1.97 bits per heavy atom. The maximum Gasteiger partial charge on any atom is 0.353 e. The number of aromatic nitrogens is 2. The Morgan fingerprint density at radius 3 is 2.73 bits per heavy atom. The van der Waals surface area contributed by atoms with Crippen molar-refractivity contribution in [3.63, 3.8) is 0 Å². The lowest BCUT2D eigenvalue weighted by Crippen LogP contribution is -2.49. The fourth-order valence-electron chi connectivity index (χ4n) is 3.92. The van der Waals surface area contributed by atoms with E-state index >= 15 is 0 Å². The minimum absolute atomic E-state index is 0.164. The van der Waals surface area contributed by atoms with Crippen LogP contribution in [0.1, 0.15) is 16.1 Å². The van der Waals surface area contributed by atoms with Crippen LogP contribution in [0.15, 0.2) is 58.8 Å². The molecular weight excluding hydrogens is 444 g/mol. The van der Waals surface area contributed by atoms with Gasteiger partial charge in [0.2, 0.25) is 11.6 Å². The summed E-state index contributed by atoms with van der Waals surface area (Å²) < 4.78 is 6.35. The zero-order valence-electron chi connectivity index (χ0n) is 17.5. The van der Waals surface area contributed by atoms with Crippen molar-refractivity contribution in [1.82, 2.24) is 14.9 Å². The topological polar surface area (TPSA) is 118 Å². The van der Waals surface area contributed by atoms with Gasteiger partial charge in [-0.3, -0.25) is 14.9 Å². The van der Waals surface area contributed by atoms with Gasteiger partial charge in [0.25, 0.3) is 5.91 Å². The molecule has 3 aromatic heterocycles. The van der Waals surface area contributed by atoms with Gasteiger partial charge in [0.05, 0.1) is 11.2 Å². The lowest BCUT2D eigenvalue weighted by molar-refractivity contribution is -0.383. The third-order valence-electron chi connectivity index (χ3n) is 5.59. The highest BCUT2D eigenvalue weighted by molar-refractivity contribution is 7.17. The van der Waals surface area contributed by atoms with E-state index in [9.17, 15) is 14.9 Å². The van der Waals surface area contributed by atoms with Crippen LogP contribution in [0, 0.1) is 10.1 Å². The third kappa shape index (κ3) is 4.10. The normalized spacial score (nSPS) is 13.9. The van der Waals surface area contributed by atoms with E-state index in [0.29, 0.717) is 32.7 Å². The van der Waals surface area contributed by atoms with Crippen molar-refractivity contribution in [2.75, 3.05) is 36.4 Å². The van der Waals surface area contributed by atoms with E-state index in [1.165, 1.54) is 12.6 Å². The number of nitrogens with one attached hydrogen (secondary N) is 1. The van der Waals surface area contributed by atoms with Crippen LogP contribution >= 0.6 is 11.3 Å². The molecule has 1 amide bonds. The molecule has 10 nitrogen and oxygen atoms in total. The van der Waals surface area contributed by atoms with E-state index in [4.69, 9.17) is 4.42 Å². The summed E-state index contributed by atoms with van der Waals surface area (Å²) in [5.41, 5.74) is 0.887. The first-order valence-corrected chi connectivity index (χ1v) is 11.3. The van der Waals surface area contributed by atoms with Crippen molar-refractivity contribution in [1.29, 1.82) is 0 Å².